The summed E-state index contributed by atoms with van der Waals surface area (Å²) in [7, 11) is 1.90. The first-order valence-electron chi connectivity index (χ1n) is 9.78. The summed E-state index contributed by atoms with van der Waals surface area (Å²) in [6.45, 7) is 2.56. The number of likely N-dealkylation sites (N-methyl/N-ethyl adjacent to an activating group) is 1. The van der Waals surface area contributed by atoms with Crippen molar-refractivity contribution in [2.45, 2.75) is 25.8 Å². The van der Waals surface area contributed by atoms with Crippen molar-refractivity contribution in [1.82, 2.24) is 15.1 Å². The van der Waals surface area contributed by atoms with Crippen LogP contribution in [0.25, 0.3) is 11.3 Å². The molecule has 7 heteroatoms. The zero-order valence-electron chi connectivity index (χ0n) is 17.0. The summed E-state index contributed by atoms with van der Waals surface area (Å²) in [6, 6.07) is 16.9. The Labute approximate surface area is 175 Å². The number of amides is 1. The lowest BCUT2D eigenvalue weighted by atomic mass is 10.1. The van der Waals surface area contributed by atoms with E-state index in [-0.39, 0.29) is 17.8 Å². The van der Waals surface area contributed by atoms with Crippen molar-refractivity contribution in [3.63, 3.8) is 0 Å². The van der Waals surface area contributed by atoms with Gasteiger partial charge in [0.05, 0.1) is 23.0 Å². The lowest BCUT2D eigenvalue weighted by molar-refractivity contribution is -0.120. The molecule has 0 saturated carbocycles. The smallest absolute Gasteiger partial charge is 0.241 e. The molecule has 1 aromatic heterocycles. The number of carbonyl (C=O) groups is 1. The van der Waals surface area contributed by atoms with E-state index in [4.69, 9.17) is 5.26 Å². The molecule has 0 saturated heterocycles. The van der Waals surface area contributed by atoms with Crippen LogP contribution in [0.5, 0.6) is 0 Å². The standard InChI is InChI=1S/C23H24FN5O/c1-16(23(30)26-21-8-4-3-6-18(21)15-25)29(2)13-5-7-20-14-22(28-27-20)17-9-11-19(24)12-10-17/h3-4,6,8-12,14,16H,5,7,13H2,1-2H3,(H,26,30)(H,27,28). The van der Waals surface area contributed by atoms with Crippen molar-refractivity contribution in [2.75, 3.05) is 18.9 Å². The van der Waals surface area contributed by atoms with E-state index in [0.29, 0.717) is 11.3 Å². The van der Waals surface area contributed by atoms with Gasteiger partial charge in [0.1, 0.15) is 11.9 Å². The Morgan fingerprint density at radius 1 is 1.27 bits per heavy atom. The SMILES string of the molecule is CC(C(=O)Nc1ccccc1C#N)N(C)CCCc1cc(-c2ccc(F)cc2)n[nH]1. The zero-order chi connectivity index (χ0) is 21.5. The molecule has 0 fully saturated rings. The molecule has 30 heavy (non-hydrogen) atoms. The first-order valence-corrected chi connectivity index (χ1v) is 9.78. The van der Waals surface area contributed by atoms with E-state index in [1.54, 1.807) is 36.4 Å². The third-order valence-corrected chi connectivity index (χ3v) is 5.07. The van der Waals surface area contributed by atoms with E-state index in [1.807, 2.05) is 24.9 Å². The van der Waals surface area contributed by atoms with Gasteiger partial charge in [0, 0.05) is 11.3 Å². The molecule has 154 valence electrons. The number of H-pyrrole nitrogens is 1. The van der Waals surface area contributed by atoms with Gasteiger partial charge in [0.2, 0.25) is 5.91 Å². The fourth-order valence-corrected chi connectivity index (χ4v) is 3.10. The summed E-state index contributed by atoms with van der Waals surface area (Å²) in [6.07, 6.45) is 1.62. The van der Waals surface area contributed by atoms with Gasteiger partial charge in [-0.15, -0.1) is 0 Å². The third kappa shape index (κ3) is 5.31. The molecule has 2 aromatic carbocycles. The minimum atomic E-state index is -0.340. The fourth-order valence-electron chi connectivity index (χ4n) is 3.10. The van der Waals surface area contributed by atoms with Crippen LogP contribution in [-0.2, 0) is 11.2 Å². The predicted molar refractivity (Wildman–Crippen MR) is 114 cm³/mol. The quantitative estimate of drug-likeness (QED) is 0.594. The molecular weight excluding hydrogens is 381 g/mol. The van der Waals surface area contributed by atoms with Crippen LogP contribution in [0.4, 0.5) is 10.1 Å². The Balaban J connectivity index is 1.49. The summed E-state index contributed by atoms with van der Waals surface area (Å²) >= 11 is 0. The molecule has 0 aliphatic heterocycles. The van der Waals surface area contributed by atoms with E-state index >= 15 is 0 Å². The Morgan fingerprint density at radius 3 is 2.73 bits per heavy atom. The highest BCUT2D eigenvalue weighted by molar-refractivity contribution is 5.95. The topological polar surface area (TPSA) is 84.8 Å². The molecule has 0 spiro atoms. The van der Waals surface area contributed by atoms with Gasteiger partial charge >= 0.3 is 0 Å². The number of aromatic amines is 1. The van der Waals surface area contributed by atoms with Crippen molar-refractivity contribution in [1.29, 1.82) is 5.26 Å². The van der Waals surface area contributed by atoms with Crippen LogP contribution in [0.2, 0.25) is 0 Å². The van der Waals surface area contributed by atoms with Gasteiger partial charge in [-0.05, 0) is 75.8 Å². The number of nitriles is 1. The Hall–Kier alpha value is -3.50. The maximum Gasteiger partial charge on any atom is 0.241 e. The van der Waals surface area contributed by atoms with Gasteiger partial charge in [-0.1, -0.05) is 12.1 Å². The second kappa shape index (κ2) is 9.81. The lowest BCUT2D eigenvalue weighted by Gasteiger charge is -2.23. The van der Waals surface area contributed by atoms with Crippen LogP contribution >= 0.6 is 0 Å². The normalized spacial score (nSPS) is 11.8. The van der Waals surface area contributed by atoms with Gasteiger partial charge in [-0.25, -0.2) is 4.39 Å². The molecule has 0 aliphatic rings. The largest absolute Gasteiger partial charge is 0.324 e. The molecule has 0 bridgehead atoms. The Kier molecular flexibility index (Phi) is 6.94. The maximum absolute atomic E-state index is 13.1. The maximum atomic E-state index is 13.1. The number of carbonyl (C=O) groups excluding carboxylic acids is 1. The predicted octanol–water partition coefficient (Wildman–Crippen LogP) is 3.98. The number of halogens is 1. The average Bonchev–Trinajstić information content (AvgIpc) is 3.22. The summed E-state index contributed by atoms with van der Waals surface area (Å²) in [5, 5.41) is 19.3. The highest BCUT2D eigenvalue weighted by atomic mass is 19.1. The number of nitrogens with one attached hydrogen (secondary N) is 2. The minimum Gasteiger partial charge on any atom is -0.324 e. The van der Waals surface area contributed by atoms with Gasteiger partial charge < -0.3 is 5.32 Å². The molecule has 0 radical (unpaired) electrons. The Morgan fingerprint density at radius 2 is 2.00 bits per heavy atom. The Bertz CT molecular complexity index is 1040. The average molecular weight is 405 g/mol. The van der Waals surface area contributed by atoms with E-state index in [9.17, 15) is 9.18 Å². The molecule has 1 atom stereocenters. The number of nitrogens with zero attached hydrogens (tertiary/aromatic N) is 3. The number of aromatic nitrogens is 2. The van der Waals surface area contributed by atoms with E-state index in [1.165, 1.54) is 12.1 Å². The van der Waals surface area contributed by atoms with E-state index < -0.39 is 0 Å². The number of rotatable bonds is 8. The van der Waals surface area contributed by atoms with Gasteiger partial charge in [0.25, 0.3) is 0 Å². The lowest BCUT2D eigenvalue weighted by Crippen LogP contribution is -2.40. The van der Waals surface area contributed by atoms with Crippen LogP contribution in [0.3, 0.4) is 0 Å². The van der Waals surface area contributed by atoms with Gasteiger partial charge in [-0.2, -0.15) is 10.4 Å². The van der Waals surface area contributed by atoms with Crippen LogP contribution in [0, 0.1) is 17.1 Å². The molecule has 1 unspecified atom stereocenters. The summed E-state index contributed by atoms with van der Waals surface area (Å²) in [5.74, 6) is -0.424. The second-order valence-corrected chi connectivity index (χ2v) is 7.19. The molecule has 6 nitrogen and oxygen atoms in total. The van der Waals surface area contributed by atoms with Crippen molar-refractivity contribution in [3.8, 4) is 17.3 Å². The summed E-state index contributed by atoms with van der Waals surface area (Å²) < 4.78 is 13.1. The van der Waals surface area contributed by atoms with E-state index in [2.05, 4.69) is 21.6 Å². The minimum absolute atomic E-state index is 0.152. The van der Waals surface area contributed by atoms with Crippen molar-refractivity contribution < 1.29 is 9.18 Å². The number of aryl methyl sites for hydroxylation is 1. The highest BCUT2D eigenvalue weighted by Crippen LogP contribution is 2.19. The second-order valence-electron chi connectivity index (χ2n) is 7.19. The number of hydrogen-bond donors (Lipinski definition) is 2. The van der Waals surface area contributed by atoms with Gasteiger partial charge in [-0.3, -0.25) is 14.8 Å². The molecule has 3 aromatic rings. The van der Waals surface area contributed by atoms with Crippen LogP contribution < -0.4 is 5.32 Å². The van der Waals surface area contributed by atoms with Crippen molar-refractivity contribution in [2.24, 2.45) is 0 Å². The zero-order valence-corrected chi connectivity index (χ0v) is 17.0. The molecule has 0 aliphatic carbocycles. The number of benzene rings is 2. The van der Waals surface area contributed by atoms with Crippen molar-refractivity contribution in [3.05, 3.63) is 71.7 Å². The molecule has 3 rings (SSSR count). The fraction of sp³-hybridized carbons (Fsp3) is 0.261. The third-order valence-electron chi connectivity index (χ3n) is 5.07. The van der Waals surface area contributed by atoms with E-state index in [0.717, 1.165) is 36.3 Å². The molecule has 1 amide bonds. The first kappa shape index (κ1) is 21.2. The van der Waals surface area contributed by atoms with Gasteiger partial charge in [0.15, 0.2) is 0 Å². The van der Waals surface area contributed by atoms with Crippen LogP contribution in [0.1, 0.15) is 24.6 Å². The van der Waals surface area contributed by atoms with Crippen LogP contribution in [-0.4, -0.2) is 40.6 Å². The van der Waals surface area contributed by atoms with Crippen LogP contribution in [0.15, 0.2) is 54.6 Å². The van der Waals surface area contributed by atoms with Crippen molar-refractivity contribution >= 4 is 11.6 Å². The summed E-state index contributed by atoms with van der Waals surface area (Å²) in [4.78, 5) is 14.5. The summed E-state index contributed by atoms with van der Waals surface area (Å²) in [5.41, 5.74) is 3.59. The molecule has 2 N–H and O–H groups in total. The number of para-hydroxylation sites is 1. The monoisotopic (exact) mass is 405 g/mol. The number of hydrogen-bond acceptors (Lipinski definition) is 4. The molecule has 1 heterocycles. The number of anilines is 1. The molecular formula is C23H24FN5O. The highest BCUT2D eigenvalue weighted by Gasteiger charge is 2.19. The first-order chi connectivity index (χ1) is 14.5.